The molecule has 2 atom stereocenters. The van der Waals surface area contributed by atoms with Crippen molar-refractivity contribution in [3.05, 3.63) is 0 Å². The van der Waals surface area contributed by atoms with E-state index in [0.717, 1.165) is 12.5 Å². The first-order valence-electron chi connectivity index (χ1n) is 7.67. The van der Waals surface area contributed by atoms with Crippen LogP contribution in [0.4, 0.5) is 0 Å². The van der Waals surface area contributed by atoms with Gasteiger partial charge in [-0.05, 0) is 52.7 Å². The zero-order chi connectivity index (χ0) is 13.2. The van der Waals surface area contributed by atoms with E-state index in [1.807, 2.05) is 0 Å². The third-order valence-electron chi connectivity index (χ3n) is 5.28. The van der Waals surface area contributed by atoms with Gasteiger partial charge in [0, 0.05) is 24.7 Å². The Balaban J connectivity index is 1.96. The number of likely N-dealkylation sites (tertiary alicyclic amines) is 1. The molecule has 2 fully saturated rings. The molecule has 1 saturated heterocycles. The molecule has 18 heavy (non-hydrogen) atoms. The summed E-state index contributed by atoms with van der Waals surface area (Å²) >= 11 is 0. The summed E-state index contributed by atoms with van der Waals surface area (Å²) in [6, 6.07) is 0.714. The summed E-state index contributed by atoms with van der Waals surface area (Å²) in [7, 11) is 4.42. The minimum absolute atomic E-state index is 0.236. The maximum absolute atomic E-state index is 6.13. The van der Waals surface area contributed by atoms with Crippen molar-refractivity contribution in [2.24, 2.45) is 11.7 Å². The summed E-state index contributed by atoms with van der Waals surface area (Å²) in [4.78, 5) is 5.06. The fourth-order valence-electron chi connectivity index (χ4n) is 3.53. The second kappa shape index (κ2) is 5.89. The van der Waals surface area contributed by atoms with Crippen molar-refractivity contribution < 1.29 is 0 Å². The van der Waals surface area contributed by atoms with Crippen molar-refractivity contribution in [1.82, 2.24) is 9.80 Å². The molecule has 1 aliphatic carbocycles. The van der Waals surface area contributed by atoms with Crippen molar-refractivity contribution in [3.63, 3.8) is 0 Å². The summed E-state index contributed by atoms with van der Waals surface area (Å²) in [6.45, 7) is 5.64. The van der Waals surface area contributed by atoms with E-state index in [1.165, 1.54) is 51.6 Å². The van der Waals surface area contributed by atoms with E-state index in [2.05, 4.69) is 30.8 Å². The van der Waals surface area contributed by atoms with Gasteiger partial charge in [0.05, 0.1) is 0 Å². The molecule has 2 N–H and O–H groups in total. The third-order valence-corrected chi connectivity index (χ3v) is 5.28. The fourth-order valence-corrected chi connectivity index (χ4v) is 3.53. The van der Waals surface area contributed by atoms with Gasteiger partial charge in [-0.1, -0.05) is 19.3 Å². The minimum Gasteiger partial charge on any atom is -0.329 e. The lowest BCUT2D eigenvalue weighted by molar-refractivity contribution is 0.0219. The minimum atomic E-state index is 0.236. The molecule has 0 bridgehead atoms. The van der Waals surface area contributed by atoms with Crippen LogP contribution < -0.4 is 5.73 Å². The van der Waals surface area contributed by atoms with E-state index >= 15 is 0 Å². The van der Waals surface area contributed by atoms with Gasteiger partial charge < -0.3 is 10.6 Å². The van der Waals surface area contributed by atoms with Gasteiger partial charge in [0.25, 0.3) is 0 Å². The Hall–Kier alpha value is -0.120. The third kappa shape index (κ3) is 3.06. The van der Waals surface area contributed by atoms with Crippen LogP contribution in [0.1, 0.15) is 45.4 Å². The van der Waals surface area contributed by atoms with Crippen LogP contribution in [0.25, 0.3) is 0 Å². The second-order valence-electron chi connectivity index (χ2n) is 6.91. The number of nitrogens with zero attached hydrogens (tertiary/aromatic N) is 2. The fraction of sp³-hybridized carbons (Fsp3) is 1.00. The summed E-state index contributed by atoms with van der Waals surface area (Å²) in [5.41, 5.74) is 6.37. The van der Waals surface area contributed by atoms with Crippen LogP contribution in [-0.4, -0.2) is 55.1 Å². The van der Waals surface area contributed by atoms with Gasteiger partial charge >= 0.3 is 0 Å². The van der Waals surface area contributed by atoms with Gasteiger partial charge in [-0.15, -0.1) is 0 Å². The monoisotopic (exact) mass is 253 g/mol. The van der Waals surface area contributed by atoms with Crippen molar-refractivity contribution in [2.45, 2.75) is 57.0 Å². The SMILES string of the molecule is CN(C)C1CCCN(C(C)(CN)CC2CCC2)C1. The molecular weight excluding hydrogens is 222 g/mol. The van der Waals surface area contributed by atoms with Crippen molar-refractivity contribution in [2.75, 3.05) is 33.7 Å². The van der Waals surface area contributed by atoms with Crippen molar-refractivity contribution >= 4 is 0 Å². The molecule has 0 aromatic heterocycles. The van der Waals surface area contributed by atoms with Crippen LogP contribution in [-0.2, 0) is 0 Å². The molecule has 0 aromatic rings. The first kappa shape index (κ1) is 14.3. The highest BCUT2D eigenvalue weighted by Gasteiger charge is 2.37. The van der Waals surface area contributed by atoms with E-state index in [-0.39, 0.29) is 5.54 Å². The molecule has 106 valence electrons. The Morgan fingerprint density at radius 3 is 2.44 bits per heavy atom. The molecule has 0 spiro atoms. The average Bonchev–Trinajstić information content (AvgIpc) is 2.34. The maximum Gasteiger partial charge on any atom is 0.0306 e. The van der Waals surface area contributed by atoms with Crippen molar-refractivity contribution in [3.8, 4) is 0 Å². The van der Waals surface area contributed by atoms with Crippen LogP contribution in [0.2, 0.25) is 0 Å². The molecule has 3 nitrogen and oxygen atoms in total. The number of hydrogen-bond acceptors (Lipinski definition) is 3. The number of likely N-dealkylation sites (N-methyl/N-ethyl adjacent to an activating group) is 1. The van der Waals surface area contributed by atoms with E-state index in [9.17, 15) is 0 Å². The Kier molecular flexibility index (Phi) is 4.68. The van der Waals surface area contributed by atoms with Gasteiger partial charge in [-0.25, -0.2) is 0 Å². The molecule has 2 aliphatic rings. The standard InChI is InChI=1S/C15H31N3/c1-15(12-16,10-13-6-4-7-13)18-9-5-8-14(11-18)17(2)3/h13-14H,4-12,16H2,1-3H3. The molecule has 1 aliphatic heterocycles. The van der Waals surface area contributed by atoms with Gasteiger partial charge in [-0.3, -0.25) is 4.90 Å². The molecule has 1 saturated carbocycles. The lowest BCUT2D eigenvalue weighted by Crippen LogP contribution is -2.58. The summed E-state index contributed by atoms with van der Waals surface area (Å²) in [5.74, 6) is 0.943. The largest absolute Gasteiger partial charge is 0.329 e. The van der Waals surface area contributed by atoms with Gasteiger partial charge in [0.1, 0.15) is 0 Å². The maximum atomic E-state index is 6.13. The van der Waals surface area contributed by atoms with Crippen LogP contribution in [0.3, 0.4) is 0 Å². The zero-order valence-electron chi connectivity index (χ0n) is 12.5. The van der Waals surface area contributed by atoms with Gasteiger partial charge in [-0.2, -0.15) is 0 Å². The molecule has 0 aromatic carbocycles. The second-order valence-corrected chi connectivity index (χ2v) is 6.91. The highest BCUT2D eigenvalue weighted by Crippen LogP contribution is 2.36. The summed E-state index contributed by atoms with van der Waals surface area (Å²) in [5, 5.41) is 0. The number of piperidine rings is 1. The number of hydrogen-bond donors (Lipinski definition) is 1. The predicted octanol–water partition coefficient (Wildman–Crippen LogP) is 1.92. The number of rotatable bonds is 5. The predicted molar refractivity (Wildman–Crippen MR) is 77.7 cm³/mol. The first-order chi connectivity index (χ1) is 8.55. The van der Waals surface area contributed by atoms with Crippen LogP contribution in [0, 0.1) is 5.92 Å². The number of nitrogens with two attached hydrogens (primary N) is 1. The topological polar surface area (TPSA) is 32.5 Å². The molecule has 0 amide bonds. The zero-order valence-corrected chi connectivity index (χ0v) is 12.5. The average molecular weight is 253 g/mol. The molecule has 1 heterocycles. The lowest BCUT2D eigenvalue weighted by atomic mass is 9.75. The van der Waals surface area contributed by atoms with Crippen LogP contribution >= 0.6 is 0 Å². The van der Waals surface area contributed by atoms with Gasteiger partial charge in [0.15, 0.2) is 0 Å². The van der Waals surface area contributed by atoms with Crippen LogP contribution in [0.15, 0.2) is 0 Å². The van der Waals surface area contributed by atoms with Crippen LogP contribution in [0.5, 0.6) is 0 Å². The normalized spacial score (nSPS) is 30.2. The summed E-state index contributed by atoms with van der Waals surface area (Å²) in [6.07, 6.45) is 8.27. The smallest absolute Gasteiger partial charge is 0.0306 e. The van der Waals surface area contributed by atoms with E-state index in [0.29, 0.717) is 6.04 Å². The Bertz CT molecular complexity index is 262. The molecule has 0 radical (unpaired) electrons. The van der Waals surface area contributed by atoms with E-state index in [4.69, 9.17) is 5.73 Å². The Morgan fingerprint density at radius 1 is 1.22 bits per heavy atom. The lowest BCUT2D eigenvalue weighted by Gasteiger charge is -2.48. The quantitative estimate of drug-likeness (QED) is 0.812. The van der Waals surface area contributed by atoms with Crippen molar-refractivity contribution in [1.29, 1.82) is 0 Å². The van der Waals surface area contributed by atoms with E-state index in [1.54, 1.807) is 0 Å². The Morgan fingerprint density at radius 2 is 1.94 bits per heavy atom. The Labute approximate surface area is 113 Å². The molecule has 3 heteroatoms. The van der Waals surface area contributed by atoms with Gasteiger partial charge in [0.2, 0.25) is 0 Å². The highest BCUT2D eigenvalue weighted by molar-refractivity contribution is 4.94. The first-order valence-corrected chi connectivity index (χ1v) is 7.67. The molecule has 2 rings (SSSR count). The highest BCUT2D eigenvalue weighted by atomic mass is 15.3. The molecule has 2 unspecified atom stereocenters. The van der Waals surface area contributed by atoms with E-state index < -0.39 is 0 Å². The summed E-state index contributed by atoms with van der Waals surface area (Å²) < 4.78 is 0. The molecular formula is C15H31N3.